The summed E-state index contributed by atoms with van der Waals surface area (Å²) in [5, 5.41) is 3.10. The van der Waals surface area contributed by atoms with Gasteiger partial charge in [-0.15, -0.1) is 0 Å². The zero-order valence-corrected chi connectivity index (χ0v) is 13.9. The lowest BCUT2D eigenvalue weighted by Gasteiger charge is -2.10. The first-order chi connectivity index (χ1) is 11.2. The van der Waals surface area contributed by atoms with E-state index in [9.17, 15) is 4.79 Å². The molecule has 1 fully saturated rings. The second-order valence-corrected chi connectivity index (χ2v) is 6.30. The smallest absolute Gasteiger partial charge is 0.226 e. The predicted molar refractivity (Wildman–Crippen MR) is 90.2 cm³/mol. The molecule has 1 heterocycles. The van der Waals surface area contributed by atoms with E-state index in [0.717, 1.165) is 36.3 Å². The average Bonchev–Trinajstić information content (AvgIpc) is 3.18. The minimum absolute atomic E-state index is 0.0428. The molecule has 0 unspecified atom stereocenters. The first-order valence-corrected chi connectivity index (χ1v) is 8.50. The number of carbonyl (C=O) groups excluding carboxylic acids is 1. The Kier molecular flexibility index (Phi) is 4.79. The predicted octanol–water partition coefficient (Wildman–Crippen LogP) is 3.81. The molecule has 3 rings (SSSR count). The number of aryl methyl sites for hydroxylation is 2. The molecular weight excluding hydrogens is 288 g/mol. The van der Waals surface area contributed by atoms with Crippen molar-refractivity contribution in [1.82, 2.24) is 10.3 Å². The Morgan fingerprint density at radius 1 is 1.26 bits per heavy atom. The number of oxazole rings is 1. The fourth-order valence-electron chi connectivity index (χ4n) is 3.10. The van der Waals surface area contributed by atoms with Gasteiger partial charge < -0.3 is 9.73 Å². The summed E-state index contributed by atoms with van der Waals surface area (Å²) in [6.45, 7) is 4.00. The topological polar surface area (TPSA) is 55.1 Å². The molecule has 0 spiro atoms. The lowest BCUT2D eigenvalue weighted by Crippen LogP contribution is -2.33. The largest absolute Gasteiger partial charge is 0.441 e. The highest BCUT2D eigenvalue weighted by molar-refractivity contribution is 5.78. The van der Waals surface area contributed by atoms with E-state index in [1.165, 1.54) is 18.4 Å². The van der Waals surface area contributed by atoms with Gasteiger partial charge in [0.05, 0.1) is 12.1 Å². The van der Waals surface area contributed by atoms with Crippen LogP contribution >= 0.6 is 0 Å². The molecule has 0 atom stereocenters. The molecule has 122 valence electrons. The molecule has 1 aliphatic rings. The standard InChI is InChI=1S/C19H24N2O2/c1-3-14-8-10-15(11-9-14)19-21-17(13(2)23-19)12-18(22)20-16-6-4-5-7-16/h8-11,16H,3-7,12H2,1-2H3,(H,20,22). The van der Waals surface area contributed by atoms with Crippen molar-refractivity contribution in [3.8, 4) is 11.5 Å². The fraction of sp³-hybridized carbons (Fsp3) is 0.474. The fourth-order valence-corrected chi connectivity index (χ4v) is 3.10. The number of benzene rings is 1. The average molecular weight is 312 g/mol. The van der Waals surface area contributed by atoms with Gasteiger partial charge in [-0.2, -0.15) is 0 Å². The molecule has 1 amide bonds. The van der Waals surface area contributed by atoms with Gasteiger partial charge in [0.15, 0.2) is 0 Å². The van der Waals surface area contributed by atoms with Crippen molar-refractivity contribution in [3.05, 3.63) is 41.3 Å². The molecule has 0 aliphatic heterocycles. The zero-order valence-electron chi connectivity index (χ0n) is 13.9. The van der Waals surface area contributed by atoms with Crippen LogP contribution < -0.4 is 5.32 Å². The van der Waals surface area contributed by atoms with E-state index in [1.807, 2.05) is 19.1 Å². The Labute approximate surface area is 137 Å². The second kappa shape index (κ2) is 6.99. The van der Waals surface area contributed by atoms with Gasteiger partial charge in [0.25, 0.3) is 0 Å². The van der Waals surface area contributed by atoms with Crippen LogP contribution in [0.15, 0.2) is 28.7 Å². The minimum atomic E-state index is 0.0428. The SMILES string of the molecule is CCc1ccc(-c2nc(CC(=O)NC3CCCC3)c(C)o2)cc1. The number of hydrogen-bond acceptors (Lipinski definition) is 3. The van der Waals surface area contributed by atoms with Crippen molar-refractivity contribution in [3.63, 3.8) is 0 Å². The van der Waals surface area contributed by atoms with Crippen LogP contribution in [0.25, 0.3) is 11.5 Å². The Morgan fingerprint density at radius 3 is 2.61 bits per heavy atom. The summed E-state index contributed by atoms with van der Waals surface area (Å²) in [4.78, 5) is 16.7. The molecular formula is C19H24N2O2. The molecule has 2 aromatic rings. The molecule has 1 aliphatic carbocycles. The maximum Gasteiger partial charge on any atom is 0.226 e. The Bertz CT molecular complexity index is 667. The van der Waals surface area contributed by atoms with Gasteiger partial charge in [-0.1, -0.05) is 31.9 Å². The number of nitrogens with one attached hydrogen (secondary N) is 1. The highest BCUT2D eigenvalue weighted by Gasteiger charge is 2.19. The number of rotatable bonds is 5. The Morgan fingerprint density at radius 2 is 1.96 bits per heavy atom. The van der Waals surface area contributed by atoms with E-state index in [-0.39, 0.29) is 5.91 Å². The summed E-state index contributed by atoms with van der Waals surface area (Å²) in [7, 11) is 0. The molecule has 1 aromatic heterocycles. The summed E-state index contributed by atoms with van der Waals surface area (Å²) in [6.07, 6.45) is 5.92. The van der Waals surface area contributed by atoms with Crippen LogP contribution in [0, 0.1) is 6.92 Å². The van der Waals surface area contributed by atoms with Crippen LogP contribution in [0.3, 0.4) is 0 Å². The van der Waals surface area contributed by atoms with E-state index >= 15 is 0 Å². The van der Waals surface area contributed by atoms with Crippen molar-refractivity contribution in [2.24, 2.45) is 0 Å². The van der Waals surface area contributed by atoms with E-state index < -0.39 is 0 Å². The molecule has 4 heteroatoms. The monoisotopic (exact) mass is 312 g/mol. The van der Waals surface area contributed by atoms with Gasteiger partial charge in [0.2, 0.25) is 11.8 Å². The molecule has 0 saturated heterocycles. The van der Waals surface area contributed by atoms with E-state index in [2.05, 4.69) is 29.4 Å². The van der Waals surface area contributed by atoms with Crippen LogP contribution in [0.2, 0.25) is 0 Å². The summed E-state index contributed by atoms with van der Waals surface area (Å²) in [5.41, 5.74) is 2.97. The van der Waals surface area contributed by atoms with Crippen LogP contribution in [0.4, 0.5) is 0 Å². The molecule has 23 heavy (non-hydrogen) atoms. The van der Waals surface area contributed by atoms with Gasteiger partial charge >= 0.3 is 0 Å². The van der Waals surface area contributed by atoms with E-state index in [4.69, 9.17) is 4.42 Å². The van der Waals surface area contributed by atoms with Crippen LogP contribution in [0.5, 0.6) is 0 Å². The van der Waals surface area contributed by atoms with Gasteiger partial charge in [0.1, 0.15) is 5.76 Å². The first-order valence-electron chi connectivity index (χ1n) is 8.50. The van der Waals surface area contributed by atoms with Gasteiger partial charge in [-0.05, 0) is 43.9 Å². The molecule has 4 nitrogen and oxygen atoms in total. The minimum Gasteiger partial charge on any atom is -0.441 e. The number of nitrogens with zero attached hydrogens (tertiary/aromatic N) is 1. The zero-order chi connectivity index (χ0) is 16.2. The molecule has 1 aromatic carbocycles. The number of carbonyl (C=O) groups is 1. The third-order valence-corrected chi connectivity index (χ3v) is 4.55. The highest BCUT2D eigenvalue weighted by atomic mass is 16.4. The Hall–Kier alpha value is -2.10. The third kappa shape index (κ3) is 3.81. The quantitative estimate of drug-likeness (QED) is 0.913. The summed E-state index contributed by atoms with van der Waals surface area (Å²) >= 11 is 0. The maximum atomic E-state index is 12.2. The summed E-state index contributed by atoms with van der Waals surface area (Å²) in [5.74, 6) is 1.36. The normalized spacial score (nSPS) is 15.0. The third-order valence-electron chi connectivity index (χ3n) is 4.55. The molecule has 0 radical (unpaired) electrons. The van der Waals surface area contributed by atoms with Crippen molar-refractivity contribution in [1.29, 1.82) is 0 Å². The van der Waals surface area contributed by atoms with E-state index in [0.29, 0.717) is 18.4 Å². The summed E-state index contributed by atoms with van der Waals surface area (Å²) < 4.78 is 5.75. The maximum absolute atomic E-state index is 12.2. The second-order valence-electron chi connectivity index (χ2n) is 6.30. The molecule has 1 N–H and O–H groups in total. The molecule has 1 saturated carbocycles. The number of aromatic nitrogens is 1. The lowest BCUT2D eigenvalue weighted by atomic mass is 10.1. The van der Waals surface area contributed by atoms with Crippen LogP contribution in [-0.4, -0.2) is 16.9 Å². The van der Waals surface area contributed by atoms with Gasteiger partial charge in [0, 0.05) is 11.6 Å². The van der Waals surface area contributed by atoms with Gasteiger partial charge in [-0.3, -0.25) is 4.79 Å². The van der Waals surface area contributed by atoms with Crippen molar-refractivity contribution in [2.45, 2.75) is 58.4 Å². The van der Waals surface area contributed by atoms with Crippen molar-refractivity contribution < 1.29 is 9.21 Å². The van der Waals surface area contributed by atoms with Crippen molar-refractivity contribution >= 4 is 5.91 Å². The Balaban J connectivity index is 1.68. The van der Waals surface area contributed by atoms with Crippen LogP contribution in [0.1, 0.15) is 49.6 Å². The van der Waals surface area contributed by atoms with E-state index in [1.54, 1.807) is 0 Å². The molecule has 0 bridgehead atoms. The van der Waals surface area contributed by atoms with Crippen LogP contribution in [-0.2, 0) is 17.6 Å². The lowest BCUT2D eigenvalue weighted by molar-refractivity contribution is -0.121. The number of amides is 1. The first kappa shape index (κ1) is 15.8. The summed E-state index contributed by atoms with van der Waals surface area (Å²) in [6, 6.07) is 8.55. The van der Waals surface area contributed by atoms with Crippen molar-refractivity contribution in [2.75, 3.05) is 0 Å². The van der Waals surface area contributed by atoms with Gasteiger partial charge in [-0.25, -0.2) is 4.98 Å². The number of hydrogen-bond donors (Lipinski definition) is 1. The highest BCUT2D eigenvalue weighted by Crippen LogP contribution is 2.23.